The number of thioether (sulfide) groups is 1. The van der Waals surface area contributed by atoms with Gasteiger partial charge in [-0.3, -0.25) is 19.3 Å². The van der Waals surface area contributed by atoms with Crippen LogP contribution >= 0.6 is 11.8 Å². The molecule has 244 valence electrons. The molecule has 3 amide bonds. The number of benzene rings is 2. The van der Waals surface area contributed by atoms with E-state index >= 15 is 0 Å². The SMILES string of the molecule is C=CCN(CCN1CCOCC1)C(=O)C1N([C@H](CO)c2ccccc2)C(=O)[C@@H]2[C@@H](C(=O)N(CC=C)c3ccccc3)[C@H]3CCC12S3. The molecule has 2 aromatic rings. The predicted molar refractivity (Wildman–Crippen MR) is 180 cm³/mol. The molecule has 4 saturated heterocycles. The van der Waals surface area contributed by atoms with E-state index in [0.29, 0.717) is 45.8 Å². The summed E-state index contributed by atoms with van der Waals surface area (Å²) in [7, 11) is 0. The van der Waals surface area contributed by atoms with Crippen molar-refractivity contribution >= 4 is 35.2 Å². The van der Waals surface area contributed by atoms with Gasteiger partial charge in [-0.15, -0.1) is 24.9 Å². The number of aliphatic hydroxyl groups excluding tert-OH is 1. The third-order valence-electron chi connectivity index (χ3n) is 10.0. The van der Waals surface area contributed by atoms with Gasteiger partial charge in [-0.1, -0.05) is 60.7 Å². The number of anilines is 1. The molecule has 2 aromatic carbocycles. The van der Waals surface area contributed by atoms with E-state index in [1.165, 1.54) is 0 Å². The van der Waals surface area contributed by atoms with E-state index in [-0.39, 0.29) is 29.6 Å². The van der Waals surface area contributed by atoms with Gasteiger partial charge in [-0.05, 0) is 30.5 Å². The van der Waals surface area contributed by atoms with Gasteiger partial charge in [0, 0.05) is 50.2 Å². The van der Waals surface area contributed by atoms with Crippen molar-refractivity contribution in [2.24, 2.45) is 11.8 Å². The smallest absolute Gasteiger partial charge is 0.247 e. The van der Waals surface area contributed by atoms with Crippen molar-refractivity contribution in [3.8, 4) is 0 Å². The van der Waals surface area contributed by atoms with Gasteiger partial charge in [-0.25, -0.2) is 0 Å². The van der Waals surface area contributed by atoms with Crippen LogP contribution in [0.15, 0.2) is 86.0 Å². The molecule has 0 saturated carbocycles. The van der Waals surface area contributed by atoms with Crippen molar-refractivity contribution in [1.29, 1.82) is 0 Å². The Balaban J connectivity index is 1.39. The van der Waals surface area contributed by atoms with Gasteiger partial charge < -0.3 is 24.5 Å². The fourth-order valence-electron chi connectivity index (χ4n) is 7.96. The van der Waals surface area contributed by atoms with Gasteiger partial charge in [0.05, 0.1) is 42.4 Å². The minimum Gasteiger partial charge on any atom is -0.394 e. The second kappa shape index (κ2) is 14.1. The minimum absolute atomic E-state index is 0.0829. The summed E-state index contributed by atoms with van der Waals surface area (Å²) >= 11 is 1.65. The maximum atomic E-state index is 14.9. The van der Waals surface area contributed by atoms with Crippen molar-refractivity contribution in [2.75, 3.05) is 64.0 Å². The third-order valence-corrected chi connectivity index (χ3v) is 12.0. The lowest BCUT2D eigenvalue weighted by molar-refractivity contribution is -0.146. The molecule has 10 heteroatoms. The molecule has 6 atom stereocenters. The largest absolute Gasteiger partial charge is 0.394 e. The van der Waals surface area contributed by atoms with E-state index in [1.807, 2.05) is 60.7 Å². The Bertz CT molecular complexity index is 1420. The van der Waals surface area contributed by atoms with Crippen LogP contribution in [-0.2, 0) is 19.1 Å². The summed E-state index contributed by atoms with van der Waals surface area (Å²) < 4.78 is 4.73. The van der Waals surface area contributed by atoms with Crippen molar-refractivity contribution in [3.05, 3.63) is 91.5 Å². The number of morpholine rings is 1. The van der Waals surface area contributed by atoms with E-state index in [4.69, 9.17) is 4.74 Å². The number of nitrogens with zero attached hydrogens (tertiary/aromatic N) is 4. The lowest BCUT2D eigenvalue weighted by Crippen LogP contribution is -2.56. The van der Waals surface area contributed by atoms with E-state index in [9.17, 15) is 19.5 Å². The molecule has 1 N–H and O–H groups in total. The second-order valence-corrected chi connectivity index (χ2v) is 14.1. The lowest BCUT2D eigenvalue weighted by atomic mass is 9.70. The van der Waals surface area contributed by atoms with E-state index in [2.05, 4.69) is 18.1 Å². The number of fused-ring (bicyclic) bond motifs is 1. The molecule has 46 heavy (non-hydrogen) atoms. The molecule has 2 unspecified atom stereocenters. The van der Waals surface area contributed by atoms with Crippen LogP contribution in [0.3, 0.4) is 0 Å². The van der Waals surface area contributed by atoms with Gasteiger partial charge in [0.25, 0.3) is 0 Å². The third kappa shape index (κ3) is 5.81. The summed E-state index contributed by atoms with van der Waals surface area (Å²) in [5.41, 5.74) is 1.51. The van der Waals surface area contributed by atoms with Crippen LogP contribution in [-0.4, -0.2) is 113 Å². The number of carbonyl (C=O) groups excluding carboxylic acids is 3. The van der Waals surface area contributed by atoms with Crippen LogP contribution in [0.25, 0.3) is 0 Å². The highest BCUT2D eigenvalue weighted by molar-refractivity contribution is 8.02. The van der Waals surface area contributed by atoms with E-state index < -0.39 is 28.7 Å². The normalized spacial score (nSPS) is 27.7. The molecule has 2 bridgehead atoms. The Kier molecular flexibility index (Phi) is 9.98. The maximum absolute atomic E-state index is 14.9. The molecule has 0 aliphatic carbocycles. The number of hydrogen-bond acceptors (Lipinski definition) is 7. The molecule has 4 aliphatic rings. The first-order chi connectivity index (χ1) is 22.4. The summed E-state index contributed by atoms with van der Waals surface area (Å²) in [4.78, 5) is 51.8. The molecule has 0 aromatic heterocycles. The predicted octanol–water partition coefficient (Wildman–Crippen LogP) is 3.38. The average Bonchev–Trinajstić information content (AvgIpc) is 3.74. The number of carbonyl (C=O) groups is 3. The highest BCUT2D eigenvalue weighted by atomic mass is 32.2. The first kappa shape index (κ1) is 32.5. The first-order valence-corrected chi connectivity index (χ1v) is 17.2. The second-order valence-electron chi connectivity index (χ2n) is 12.5. The molecule has 4 heterocycles. The average molecular weight is 645 g/mol. The zero-order chi connectivity index (χ0) is 32.3. The van der Waals surface area contributed by atoms with Crippen LogP contribution in [0, 0.1) is 11.8 Å². The quantitative estimate of drug-likeness (QED) is 0.335. The van der Waals surface area contributed by atoms with Crippen LogP contribution in [0.2, 0.25) is 0 Å². The molecule has 4 aliphatic heterocycles. The summed E-state index contributed by atoms with van der Waals surface area (Å²) in [6, 6.07) is 17.3. The number of para-hydroxylation sites is 1. The number of likely N-dealkylation sites (tertiary alicyclic amines) is 1. The number of hydrogen-bond donors (Lipinski definition) is 1. The highest BCUT2D eigenvalue weighted by Crippen LogP contribution is 2.67. The van der Waals surface area contributed by atoms with Crippen LogP contribution in [0.1, 0.15) is 24.4 Å². The Morgan fingerprint density at radius 1 is 1.02 bits per heavy atom. The Morgan fingerprint density at radius 3 is 2.35 bits per heavy atom. The van der Waals surface area contributed by atoms with Crippen molar-refractivity contribution < 1.29 is 24.2 Å². The maximum Gasteiger partial charge on any atom is 0.247 e. The molecule has 0 radical (unpaired) electrons. The molecular weight excluding hydrogens is 600 g/mol. The summed E-state index contributed by atoms with van der Waals surface area (Å²) in [6.45, 7) is 12.3. The molecule has 9 nitrogen and oxygen atoms in total. The highest BCUT2D eigenvalue weighted by Gasteiger charge is 2.74. The van der Waals surface area contributed by atoms with Gasteiger partial charge in [-0.2, -0.15) is 0 Å². The van der Waals surface area contributed by atoms with Crippen molar-refractivity contribution in [2.45, 2.75) is 34.9 Å². The summed E-state index contributed by atoms with van der Waals surface area (Å²) in [5, 5.41) is 10.8. The van der Waals surface area contributed by atoms with Crippen LogP contribution in [0.5, 0.6) is 0 Å². The van der Waals surface area contributed by atoms with Gasteiger partial charge >= 0.3 is 0 Å². The zero-order valence-corrected chi connectivity index (χ0v) is 27.1. The summed E-state index contributed by atoms with van der Waals surface area (Å²) in [5.74, 6) is -1.77. The van der Waals surface area contributed by atoms with Crippen LogP contribution in [0.4, 0.5) is 5.69 Å². The fourth-order valence-corrected chi connectivity index (χ4v) is 10.2. The van der Waals surface area contributed by atoms with Gasteiger partial charge in [0.2, 0.25) is 17.7 Å². The number of rotatable bonds is 13. The van der Waals surface area contributed by atoms with Crippen molar-refractivity contribution in [3.63, 3.8) is 0 Å². The number of amides is 3. The van der Waals surface area contributed by atoms with Gasteiger partial charge in [0.15, 0.2) is 0 Å². The molecular formula is C36H44N4O5S. The molecule has 1 spiro atoms. The molecule has 4 fully saturated rings. The number of aliphatic hydroxyl groups is 1. The van der Waals surface area contributed by atoms with Gasteiger partial charge in [0.1, 0.15) is 6.04 Å². The minimum atomic E-state index is -0.829. The Labute approximate surface area is 275 Å². The standard InChI is InChI=1S/C36H44N4O5S/c1-3-17-38(20-19-37-21-23-45-24-22-37)35(44)32-36-16-15-29(46-36)30(33(42)39(18-4-2)27-13-9-6-10-14-27)31(36)34(43)40(32)28(25-41)26-11-7-5-8-12-26/h3-14,28-32,41H,1-2,15-25H2/t28-,29-,30+,31+,32?,36?/m1/s1. The monoisotopic (exact) mass is 644 g/mol. The Hall–Kier alpha value is -3.44. The fraction of sp³-hybridized carbons (Fsp3) is 0.472. The Morgan fingerprint density at radius 2 is 1.70 bits per heavy atom. The van der Waals surface area contributed by atoms with E-state index in [0.717, 1.165) is 30.8 Å². The lowest BCUT2D eigenvalue weighted by Gasteiger charge is -2.40. The molecule has 6 rings (SSSR count). The van der Waals surface area contributed by atoms with Crippen LogP contribution < -0.4 is 4.90 Å². The number of ether oxygens (including phenoxy) is 1. The van der Waals surface area contributed by atoms with Crippen molar-refractivity contribution in [1.82, 2.24) is 14.7 Å². The zero-order valence-electron chi connectivity index (χ0n) is 26.3. The topological polar surface area (TPSA) is 93.6 Å². The summed E-state index contributed by atoms with van der Waals surface area (Å²) in [6.07, 6.45) is 4.83. The van der Waals surface area contributed by atoms with E-state index in [1.54, 1.807) is 38.6 Å². The first-order valence-electron chi connectivity index (χ1n) is 16.3.